The number of nitrogens with two attached hydrogens (primary N) is 1. The lowest BCUT2D eigenvalue weighted by Gasteiger charge is -2.16. The van der Waals surface area contributed by atoms with E-state index in [1.165, 1.54) is 6.92 Å². The van der Waals surface area contributed by atoms with Gasteiger partial charge in [0.1, 0.15) is 6.61 Å². The van der Waals surface area contributed by atoms with Crippen LogP contribution in [0, 0.1) is 0 Å². The topological polar surface area (TPSA) is 116 Å². The summed E-state index contributed by atoms with van der Waals surface area (Å²) in [5.41, 5.74) is 5.07. The van der Waals surface area contributed by atoms with Crippen molar-refractivity contribution in [3.8, 4) is 0 Å². The van der Waals surface area contributed by atoms with E-state index in [9.17, 15) is 13.2 Å². The van der Waals surface area contributed by atoms with Crippen molar-refractivity contribution in [2.75, 3.05) is 13.2 Å². The number of rotatable bonds is 5. The maximum atomic E-state index is 10.5. The van der Waals surface area contributed by atoms with E-state index >= 15 is 0 Å². The third-order valence-corrected chi connectivity index (χ3v) is 1.55. The second-order valence-corrected chi connectivity index (χ2v) is 4.73. The molecule has 0 aromatic carbocycles. The Morgan fingerprint density at radius 2 is 2.00 bits per heavy atom. The highest BCUT2D eigenvalue weighted by Gasteiger charge is 2.11. The predicted molar refractivity (Wildman–Crippen MR) is 62.6 cm³/mol. The van der Waals surface area contributed by atoms with Gasteiger partial charge >= 0.3 is 16.4 Å². The molecule has 3 N–H and O–H groups in total. The number of ether oxygens (including phenoxy) is 1. The first kappa shape index (κ1) is 18.4. The zero-order valence-electron chi connectivity index (χ0n) is 10.2. The van der Waals surface area contributed by atoms with E-state index in [0.717, 1.165) is 6.08 Å². The van der Waals surface area contributed by atoms with E-state index in [1.54, 1.807) is 13.8 Å². The SMILES string of the molecule is C=CC(=O)OCC(C)(C)N.CCOS(=O)(=O)O. The Morgan fingerprint density at radius 1 is 1.53 bits per heavy atom. The van der Waals surface area contributed by atoms with Gasteiger partial charge in [0, 0.05) is 11.6 Å². The minimum atomic E-state index is -4.17. The smallest absolute Gasteiger partial charge is 0.397 e. The fourth-order valence-corrected chi connectivity index (χ4v) is 0.763. The van der Waals surface area contributed by atoms with Crippen LogP contribution in [-0.2, 0) is 24.1 Å². The summed E-state index contributed by atoms with van der Waals surface area (Å²) in [5, 5.41) is 0. The van der Waals surface area contributed by atoms with Crippen LogP contribution in [0.1, 0.15) is 20.8 Å². The van der Waals surface area contributed by atoms with Crippen molar-refractivity contribution in [3.63, 3.8) is 0 Å². The fraction of sp³-hybridized carbons (Fsp3) is 0.667. The van der Waals surface area contributed by atoms with E-state index in [2.05, 4.69) is 15.5 Å². The van der Waals surface area contributed by atoms with Gasteiger partial charge in [-0.25, -0.2) is 8.98 Å². The molecule has 17 heavy (non-hydrogen) atoms. The summed E-state index contributed by atoms with van der Waals surface area (Å²) in [7, 11) is -4.17. The molecule has 0 aliphatic rings. The summed E-state index contributed by atoms with van der Waals surface area (Å²) in [4.78, 5) is 10.5. The van der Waals surface area contributed by atoms with Crippen LogP contribution in [0.4, 0.5) is 0 Å². The van der Waals surface area contributed by atoms with Gasteiger partial charge in [0.25, 0.3) is 0 Å². The lowest BCUT2D eigenvalue weighted by molar-refractivity contribution is -0.139. The van der Waals surface area contributed by atoms with Gasteiger partial charge in [0.2, 0.25) is 0 Å². The highest BCUT2D eigenvalue weighted by atomic mass is 32.3. The van der Waals surface area contributed by atoms with Gasteiger partial charge in [-0.15, -0.1) is 0 Å². The molecule has 7 nitrogen and oxygen atoms in total. The Kier molecular flexibility index (Phi) is 8.85. The summed E-state index contributed by atoms with van der Waals surface area (Å²) in [6, 6.07) is 0. The van der Waals surface area contributed by atoms with Crippen molar-refractivity contribution in [1.29, 1.82) is 0 Å². The number of carbonyl (C=O) groups excluding carboxylic acids is 1. The molecule has 8 heteroatoms. The minimum absolute atomic E-state index is 0.0289. The molecular weight excluding hydrogens is 250 g/mol. The highest BCUT2D eigenvalue weighted by Crippen LogP contribution is 1.96. The number of esters is 1. The Labute approximate surface area is 102 Å². The zero-order chi connectivity index (χ0) is 14.1. The number of hydrogen-bond donors (Lipinski definition) is 2. The van der Waals surface area contributed by atoms with E-state index in [4.69, 9.17) is 10.3 Å². The van der Waals surface area contributed by atoms with Crippen LogP contribution < -0.4 is 5.73 Å². The lowest BCUT2D eigenvalue weighted by Crippen LogP contribution is -2.38. The quantitative estimate of drug-likeness (QED) is 0.418. The largest absolute Gasteiger partial charge is 0.461 e. The molecule has 0 aliphatic carbocycles. The number of hydrogen-bond acceptors (Lipinski definition) is 6. The summed E-state index contributed by atoms with van der Waals surface area (Å²) in [6.07, 6.45) is 1.12. The third-order valence-electron chi connectivity index (χ3n) is 1.02. The molecule has 0 saturated carbocycles. The van der Waals surface area contributed by atoms with E-state index < -0.39 is 21.9 Å². The molecule has 0 amide bonds. The summed E-state index contributed by atoms with van der Waals surface area (Å²) in [5.74, 6) is -0.432. The molecule has 0 bridgehead atoms. The van der Waals surface area contributed by atoms with E-state index in [-0.39, 0.29) is 13.2 Å². The molecule has 102 valence electrons. The molecule has 0 aliphatic heterocycles. The second-order valence-electron chi connectivity index (χ2n) is 3.63. The van der Waals surface area contributed by atoms with Crippen molar-refractivity contribution >= 4 is 16.4 Å². The first-order valence-electron chi connectivity index (χ1n) is 4.71. The van der Waals surface area contributed by atoms with Gasteiger partial charge < -0.3 is 10.5 Å². The molecule has 0 atom stereocenters. The van der Waals surface area contributed by atoms with Crippen LogP contribution >= 0.6 is 0 Å². The zero-order valence-corrected chi connectivity index (χ0v) is 11.0. The second kappa shape index (κ2) is 8.18. The Hall–Kier alpha value is -0.960. The number of carbonyl (C=O) groups is 1. The molecule has 0 saturated heterocycles. The average Bonchev–Trinajstić information content (AvgIpc) is 2.12. The predicted octanol–water partition coefficient (Wildman–Crippen LogP) is 0.279. The normalized spacial score (nSPS) is 11.1. The van der Waals surface area contributed by atoms with Crippen molar-refractivity contribution < 1.29 is 26.7 Å². The first-order valence-corrected chi connectivity index (χ1v) is 6.08. The highest BCUT2D eigenvalue weighted by molar-refractivity contribution is 7.80. The van der Waals surface area contributed by atoms with Crippen LogP contribution in [0.15, 0.2) is 12.7 Å². The van der Waals surface area contributed by atoms with E-state index in [1.807, 2.05) is 0 Å². The Balaban J connectivity index is 0. The summed E-state index contributed by atoms with van der Waals surface area (Å²) >= 11 is 0. The van der Waals surface area contributed by atoms with Gasteiger partial charge in [0.15, 0.2) is 0 Å². The molecule has 0 unspecified atom stereocenters. The van der Waals surface area contributed by atoms with Crippen LogP contribution in [0.25, 0.3) is 0 Å². The standard InChI is InChI=1S/C7H13NO2.C2H6O4S/c1-4-6(9)10-5-7(2,3)8;1-2-6-7(3,4)5/h4H,1,5,8H2,2-3H3;2H2,1H3,(H,3,4,5). The van der Waals surface area contributed by atoms with Gasteiger partial charge in [-0.1, -0.05) is 6.58 Å². The van der Waals surface area contributed by atoms with Gasteiger partial charge in [-0.2, -0.15) is 8.42 Å². The lowest BCUT2D eigenvalue weighted by atomic mass is 10.1. The van der Waals surface area contributed by atoms with Crippen molar-refractivity contribution in [2.45, 2.75) is 26.3 Å². The van der Waals surface area contributed by atoms with Crippen molar-refractivity contribution in [1.82, 2.24) is 0 Å². The molecule has 0 aromatic rings. The first-order chi connectivity index (χ1) is 7.52. The maximum absolute atomic E-state index is 10.5. The maximum Gasteiger partial charge on any atom is 0.397 e. The minimum Gasteiger partial charge on any atom is -0.461 e. The van der Waals surface area contributed by atoms with Crippen LogP contribution in [0.3, 0.4) is 0 Å². The molecule has 0 spiro atoms. The molecule has 0 heterocycles. The van der Waals surface area contributed by atoms with Gasteiger partial charge in [0.05, 0.1) is 6.61 Å². The average molecular weight is 269 g/mol. The molecule has 0 radical (unpaired) electrons. The molecule has 0 aromatic heterocycles. The van der Waals surface area contributed by atoms with E-state index in [0.29, 0.717) is 0 Å². The Morgan fingerprint density at radius 3 is 2.18 bits per heavy atom. The van der Waals surface area contributed by atoms with Crippen LogP contribution in [0.5, 0.6) is 0 Å². The van der Waals surface area contributed by atoms with Crippen LogP contribution in [0.2, 0.25) is 0 Å². The summed E-state index contributed by atoms with van der Waals surface area (Å²) < 4.78 is 35.3. The third kappa shape index (κ3) is 21.0. The van der Waals surface area contributed by atoms with Gasteiger partial charge in [-0.3, -0.25) is 4.55 Å². The monoisotopic (exact) mass is 269 g/mol. The molecule has 0 rings (SSSR count). The Bertz CT molecular complexity index is 330. The van der Waals surface area contributed by atoms with Crippen LogP contribution in [-0.4, -0.2) is 37.7 Å². The molecule has 0 fully saturated rings. The molecular formula is C9H19NO6S. The fourth-order valence-electron chi connectivity index (χ4n) is 0.465. The van der Waals surface area contributed by atoms with Gasteiger partial charge in [-0.05, 0) is 20.8 Å². The summed E-state index contributed by atoms with van der Waals surface area (Å²) in [6.45, 7) is 8.47. The van der Waals surface area contributed by atoms with Crippen molar-refractivity contribution in [3.05, 3.63) is 12.7 Å². The van der Waals surface area contributed by atoms with Crippen molar-refractivity contribution in [2.24, 2.45) is 5.73 Å².